The van der Waals surface area contributed by atoms with E-state index in [9.17, 15) is 19.1 Å². The molecular weight excluding hydrogens is 445 g/mol. The van der Waals surface area contributed by atoms with Crippen molar-refractivity contribution < 1.29 is 23.8 Å². The number of anilines is 1. The number of carboxylic acids is 1. The van der Waals surface area contributed by atoms with Crippen LogP contribution in [0.1, 0.15) is 17.4 Å². The Hall–Kier alpha value is -3.30. The Morgan fingerprint density at radius 2 is 1.82 bits per heavy atom. The smallest absolute Gasteiger partial charge is 0.333 e. The summed E-state index contributed by atoms with van der Waals surface area (Å²) >= 11 is 1.42. The van der Waals surface area contributed by atoms with Gasteiger partial charge in [0.05, 0.1) is 25.3 Å². The summed E-state index contributed by atoms with van der Waals surface area (Å²) in [5, 5.41) is 13.3. The minimum absolute atomic E-state index is 0.0314. The Balaban J connectivity index is 1.61. The number of rotatable bonds is 7. The van der Waals surface area contributed by atoms with Crippen LogP contribution in [0.5, 0.6) is 0 Å². The molecule has 1 amide bonds. The normalized spacial score (nSPS) is 15.6. The second-order valence-electron chi connectivity index (χ2n) is 7.90. The highest BCUT2D eigenvalue weighted by molar-refractivity contribution is 7.16. The molecule has 2 N–H and O–H groups in total. The maximum Gasteiger partial charge on any atom is 0.333 e. The number of aromatic nitrogens is 1. The lowest BCUT2D eigenvalue weighted by Gasteiger charge is -2.27. The minimum Gasteiger partial charge on any atom is -0.479 e. The number of carbonyl (C=O) groups excluding carboxylic acids is 1. The van der Waals surface area contributed by atoms with Crippen LogP contribution in [0.4, 0.5) is 9.52 Å². The van der Waals surface area contributed by atoms with E-state index in [1.54, 1.807) is 0 Å². The lowest BCUT2D eigenvalue weighted by atomic mass is 9.91. The number of hydrogen-bond donors (Lipinski definition) is 2. The Morgan fingerprint density at radius 3 is 2.45 bits per heavy atom. The van der Waals surface area contributed by atoms with Gasteiger partial charge in [0.2, 0.25) is 5.91 Å². The molecule has 2 aromatic carbocycles. The summed E-state index contributed by atoms with van der Waals surface area (Å²) in [6.45, 7) is 4.06. The second-order valence-corrected chi connectivity index (χ2v) is 8.96. The first kappa shape index (κ1) is 22.9. The lowest BCUT2D eigenvalue weighted by molar-refractivity contribution is -0.147. The molecule has 4 rings (SSSR count). The molecular formula is C24H24FN3O4S. The molecule has 1 atom stereocenters. The molecule has 0 saturated carbocycles. The van der Waals surface area contributed by atoms with Crippen LogP contribution >= 0.6 is 11.3 Å². The van der Waals surface area contributed by atoms with E-state index in [0.717, 1.165) is 28.7 Å². The number of carboxylic acid groups (broad SMARTS) is 1. The maximum atomic E-state index is 13.3. The van der Waals surface area contributed by atoms with Crippen molar-refractivity contribution in [2.45, 2.75) is 18.9 Å². The van der Waals surface area contributed by atoms with Gasteiger partial charge in [-0.05, 0) is 24.6 Å². The van der Waals surface area contributed by atoms with Crippen molar-refractivity contribution in [3.8, 4) is 11.3 Å². The number of aliphatic carboxylic acids is 1. The molecule has 3 aromatic rings. The highest BCUT2D eigenvalue weighted by Gasteiger charge is 2.37. The standard InChI is InChI=1S/C24H24FN3O4S/c1-24(22(30)31,17-7-9-18(25)10-8-17)27-20(29)15-19-21(16-5-3-2-4-6-16)26-23(33-19)28-11-13-32-14-12-28/h2-10H,11-15H2,1H3,(H,27,29)(H,30,31). The Labute approximate surface area is 194 Å². The van der Waals surface area contributed by atoms with Crippen LogP contribution in [0, 0.1) is 5.82 Å². The molecule has 1 fully saturated rings. The molecule has 0 bridgehead atoms. The summed E-state index contributed by atoms with van der Waals surface area (Å²) < 4.78 is 18.8. The number of nitrogens with one attached hydrogen (secondary N) is 1. The summed E-state index contributed by atoms with van der Waals surface area (Å²) in [6, 6.07) is 14.7. The summed E-state index contributed by atoms with van der Waals surface area (Å²) in [4.78, 5) is 32.8. The van der Waals surface area contributed by atoms with Gasteiger partial charge >= 0.3 is 5.97 Å². The summed E-state index contributed by atoms with van der Waals surface area (Å²) in [5.41, 5.74) is 0.174. The fourth-order valence-corrected chi connectivity index (χ4v) is 4.80. The molecule has 1 aliphatic rings. The van der Waals surface area contributed by atoms with Gasteiger partial charge in [-0.3, -0.25) is 4.79 Å². The van der Waals surface area contributed by atoms with Crippen molar-refractivity contribution in [2.75, 3.05) is 31.2 Å². The SMILES string of the molecule is CC(NC(=O)Cc1sc(N2CCOCC2)nc1-c1ccccc1)(C(=O)O)c1ccc(F)cc1. The third-order valence-corrected chi connectivity index (χ3v) is 6.69. The largest absolute Gasteiger partial charge is 0.479 e. The van der Waals surface area contributed by atoms with Crippen molar-refractivity contribution in [3.05, 3.63) is 70.9 Å². The van der Waals surface area contributed by atoms with Gasteiger partial charge in [0.1, 0.15) is 5.82 Å². The molecule has 1 aromatic heterocycles. The van der Waals surface area contributed by atoms with Crippen molar-refractivity contribution in [3.63, 3.8) is 0 Å². The number of hydrogen-bond acceptors (Lipinski definition) is 6. The minimum atomic E-state index is -1.70. The van der Waals surface area contributed by atoms with Gasteiger partial charge in [0.25, 0.3) is 0 Å². The number of thiazole rings is 1. The van der Waals surface area contributed by atoms with E-state index >= 15 is 0 Å². The van der Waals surface area contributed by atoms with Crippen LogP contribution in [-0.4, -0.2) is 48.3 Å². The van der Waals surface area contributed by atoms with E-state index in [4.69, 9.17) is 9.72 Å². The van der Waals surface area contributed by atoms with E-state index in [1.165, 1.54) is 42.5 Å². The first-order chi connectivity index (χ1) is 15.9. The van der Waals surface area contributed by atoms with Crippen LogP contribution in [0.15, 0.2) is 54.6 Å². The predicted octanol–water partition coefficient (Wildman–Crippen LogP) is 3.44. The highest BCUT2D eigenvalue weighted by Crippen LogP contribution is 2.34. The number of nitrogens with zero attached hydrogens (tertiary/aromatic N) is 2. The van der Waals surface area contributed by atoms with Crippen LogP contribution in [0.25, 0.3) is 11.3 Å². The monoisotopic (exact) mass is 469 g/mol. The molecule has 0 radical (unpaired) electrons. The van der Waals surface area contributed by atoms with E-state index < -0.39 is 23.2 Å². The van der Waals surface area contributed by atoms with Crippen molar-refractivity contribution in [2.24, 2.45) is 0 Å². The van der Waals surface area contributed by atoms with Crippen molar-refractivity contribution >= 4 is 28.3 Å². The maximum absolute atomic E-state index is 13.3. The van der Waals surface area contributed by atoms with Crippen LogP contribution in [0.2, 0.25) is 0 Å². The van der Waals surface area contributed by atoms with Gasteiger partial charge < -0.3 is 20.1 Å². The zero-order valence-corrected chi connectivity index (χ0v) is 18.9. The van der Waals surface area contributed by atoms with Gasteiger partial charge in [-0.25, -0.2) is 14.2 Å². The van der Waals surface area contributed by atoms with Gasteiger partial charge in [-0.2, -0.15) is 0 Å². The van der Waals surface area contributed by atoms with Crippen molar-refractivity contribution in [1.82, 2.24) is 10.3 Å². The number of halogens is 1. The van der Waals surface area contributed by atoms with Gasteiger partial charge in [0.15, 0.2) is 10.7 Å². The van der Waals surface area contributed by atoms with Gasteiger partial charge in [-0.15, -0.1) is 11.3 Å². The molecule has 1 saturated heterocycles. The third-order valence-electron chi connectivity index (χ3n) is 5.57. The average molecular weight is 470 g/mol. The molecule has 0 spiro atoms. The number of amides is 1. The third kappa shape index (κ3) is 5.04. The molecule has 1 aliphatic heterocycles. The molecule has 9 heteroatoms. The lowest BCUT2D eigenvalue weighted by Crippen LogP contribution is -2.50. The molecule has 172 valence electrons. The quantitative estimate of drug-likeness (QED) is 0.551. The van der Waals surface area contributed by atoms with Crippen molar-refractivity contribution in [1.29, 1.82) is 0 Å². The zero-order valence-electron chi connectivity index (χ0n) is 18.1. The zero-order chi connectivity index (χ0) is 23.4. The molecule has 1 unspecified atom stereocenters. The average Bonchev–Trinajstić information content (AvgIpc) is 3.24. The molecule has 0 aliphatic carbocycles. The van der Waals surface area contributed by atoms with E-state index in [2.05, 4.69) is 10.2 Å². The molecule has 33 heavy (non-hydrogen) atoms. The summed E-state index contributed by atoms with van der Waals surface area (Å²) in [5.74, 6) is -2.17. The van der Waals surface area contributed by atoms with Crippen LogP contribution < -0.4 is 10.2 Å². The highest BCUT2D eigenvalue weighted by atomic mass is 32.1. The first-order valence-electron chi connectivity index (χ1n) is 10.5. The second kappa shape index (κ2) is 9.68. The molecule has 2 heterocycles. The Kier molecular flexibility index (Phi) is 6.71. The number of benzene rings is 2. The van der Waals surface area contributed by atoms with E-state index in [1.807, 2.05) is 30.3 Å². The summed E-state index contributed by atoms with van der Waals surface area (Å²) in [7, 11) is 0. The van der Waals surface area contributed by atoms with E-state index in [-0.39, 0.29) is 12.0 Å². The number of carbonyl (C=O) groups is 2. The van der Waals surface area contributed by atoms with Gasteiger partial charge in [-0.1, -0.05) is 42.5 Å². The number of ether oxygens (including phenoxy) is 1. The first-order valence-corrected chi connectivity index (χ1v) is 11.4. The fourth-order valence-electron chi connectivity index (χ4n) is 3.67. The topological polar surface area (TPSA) is 91.8 Å². The Morgan fingerprint density at radius 1 is 1.15 bits per heavy atom. The summed E-state index contributed by atoms with van der Waals surface area (Å²) in [6.07, 6.45) is -0.0314. The molecule has 7 nitrogen and oxygen atoms in total. The predicted molar refractivity (Wildman–Crippen MR) is 124 cm³/mol. The van der Waals surface area contributed by atoms with Crippen LogP contribution in [0.3, 0.4) is 0 Å². The number of morpholine rings is 1. The fraction of sp³-hybridized carbons (Fsp3) is 0.292. The van der Waals surface area contributed by atoms with E-state index in [0.29, 0.717) is 18.9 Å². The Bertz CT molecular complexity index is 1130. The van der Waals surface area contributed by atoms with Gasteiger partial charge in [0, 0.05) is 23.5 Å². The van der Waals surface area contributed by atoms with Crippen LogP contribution in [-0.2, 0) is 26.3 Å².